The van der Waals surface area contributed by atoms with Crippen LogP contribution in [0.25, 0.3) is 11.0 Å². The van der Waals surface area contributed by atoms with Crippen LogP contribution in [0.3, 0.4) is 0 Å². The average Bonchev–Trinajstić information content (AvgIpc) is 2.84. The van der Waals surface area contributed by atoms with Gasteiger partial charge in [0.25, 0.3) is 0 Å². The predicted molar refractivity (Wildman–Crippen MR) is 78.3 cm³/mol. The van der Waals surface area contributed by atoms with E-state index in [1.165, 1.54) is 11.6 Å². The van der Waals surface area contributed by atoms with Crippen LogP contribution in [0.5, 0.6) is 0 Å². The predicted octanol–water partition coefficient (Wildman–Crippen LogP) is 4.19. The molecule has 0 aliphatic rings. The van der Waals surface area contributed by atoms with E-state index >= 15 is 0 Å². The number of aryl methyl sites for hydroxylation is 1. The van der Waals surface area contributed by atoms with Gasteiger partial charge in [-0.3, -0.25) is 0 Å². The molecule has 0 fully saturated rings. The molecule has 1 N–H and O–H groups in total. The van der Waals surface area contributed by atoms with Crippen LogP contribution in [0.2, 0.25) is 0 Å². The lowest BCUT2D eigenvalue weighted by Crippen LogP contribution is -2.18. The Morgan fingerprint density at radius 2 is 1.90 bits per heavy atom. The first kappa shape index (κ1) is 12.9. The van der Waals surface area contributed by atoms with Crippen LogP contribution in [0, 0.1) is 12.7 Å². The molecule has 0 aliphatic carbocycles. The van der Waals surface area contributed by atoms with E-state index in [4.69, 9.17) is 4.42 Å². The van der Waals surface area contributed by atoms with Crippen molar-refractivity contribution >= 4 is 11.0 Å². The highest BCUT2D eigenvalue weighted by Crippen LogP contribution is 2.29. The monoisotopic (exact) mass is 269 g/mol. The standard InChI is InChI=1S/C17H16FNO/c1-11-7-8-15-12(9-11)10-16(20-15)17(19-2)13-5-3-4-6-14(13)18/h3-10,17,19H,1-2H3. The molecule has 0 spiro atoms. The molecule has 0 bridgehead atoms. The van der Waals surface area contributed by atoms with Crippen molar-refractivity contribution in [1.82, 2.24) is 5.32 Å². The van der Waals surface area contributed by atoms with Crippen molar-refractivity contribution < 1.29 is 8.81 Å². The van der Waals surface area contributed by atoms with Gasteiger partial charge in [-0.1, -0.05) is 29.8 Å². The Morgan fingerprint density at radius 3 is 2.65 bits per heavy atom. The topological polar surface area (TPSA) is 25.2 Å². The number of hydrogen-bond acceptors (Lipinski definition) is 2. The zero-order valence-electron chi connectivity index (χ0n) is 11.5. The van der Waals surface area contributed by atoms with Gasteiger partial charge in [0, 0.05) is 10.9 Å². The molecule has 1 heterocycles. The fourth-order valence-corrected chi connectivity index (χ4v) is 2.49. The van der Waals surface area contributed by atoms with Gasteiger partial charge in [-0.05, 0) is 38.2 Å². The smallest absolute Gasteiger partial charge is 0.134 e. The van der Waals surface area contributed by atoms with E-state index in [2.05, 4.69) is 11.4 Å². The fraction of sp³-hybridized carbons (Fsp3) is 0.176. The van der Waals surface area contributed by atoms with Gasteiger partial charge in [-0.25, -0.2) is 4.39 Å². The summed E-state index contributed by atoms with van der Waals surface area (Å²) in [5, 5.41) is 4.16. The van der Waals surface area contributed by atoms with Crippen molar-refractivity contribution in [2.75, 3.05) is 7.05 Å². The lowest BCUT2D eigenvalue weighted by atomic mass is 10.0. The van der Waals surface area contributed by atoms with Crippen LogP contribution in [0.1, 0.15) is 22.9 Å². The quantitative estimate of drug-likeness (QED) is 0.771. The summed E-state index contributed by atoms with van der Waals surface area (Å²) in [6.45, 7) is 2.04. The maximum Gasteiger partial charge on any atom is 0.134 e. The Balaban J connectivity index is 2.10. The van der Waals surface area contributed by atoms with Crippen LogP contribution in [0.15, 0.2) is 52.9 Å². The highest BCUT2D eigenvalue weighted by molar-refractivity contribution is 5.78. The van der Waals surface area contributed by atoms with Crippen LogP contribution < -0.4 is 5.32 Å². The van der Waals surface area contributed by atoms with Crippen molar-refractivity contribution in [2.24, 2.45) is 0 Å². The normalized spacial score (nSPS) is 12.8. The van der Waals surface area contributed by atoms with Crippen molar-refractivity contribution in [3.8, 4) is 0 Å². The van der Waals surface area contributed by atoms with Gasteiger partial charge in [-0.2, -0.15) is 0 Å². The van der Waals surface area contributed by atoms with E-state index < -0.39 is 0 Å². The summed E-state index contributed by atoms with van der Waals surface area (Å²) < 4.78 is 19.8. The minimum Gasteiger partial charge on any atom is -0.459 e. The third-order valence-corrected chi connectivity index (χ3v) is 3.48. The van der Waals surface area contributed by atoms with Gasteiger partial charge in [0.2, 0.25) is 0 Å². The van der Waals surface area contributed by atoms with Gasteiger partial charge in [0.1, 0.15) is 17.2 Å². The summed E-state index contributed by atoms with van der Waals surface area (Å²) >= 11 is 0. The molecule has 2 aromatic carbocycles. The number of rotatable bonds is 3. The minimum atomic E-state index is -0.288. The number of halogens is 1. The summed E-state index contributed by atoms with van der Waals surface area (Å²) in [6, 6.07) is 14.5. The van der Waals surface area contributed by atoms with Crippen LogP contribution in [-0.2, 0) is 0 Å². The van der Waals surface area contributed by atoms with Crippen molar-refractivity contribution in [1.29, 1.82) is 0 Å². The minimum absolute atomic E-state index is 0.233. The zero-order valence-corrected chi connectivity index (χ0v) is 11.5. The molecule has 1 unspecified atom stereocenters. The average molecular weight is 269 g/mol. The highest BCUT2D eigenvalue weighted by atomic mass is 19.1. The van der Waals surface area contributed by atoms with Gasteiger partial charge < -0.3 is 9.73 Å². The number of nitrogens with one attached hydrogen (secondary N) is 1. The molecule has 20 heavy (non-hydrogen) atoms. The van der Waals surface area contributed by atoms with E-state index in [1.807, 2.05) is 31.2 Å². The van der Waals surface area contributed by atoms with Crippen LogP contribution in [0.4, 0.5) is 4.39 Å². The molecule has 0 saturated heterocycles. The second-order valence-electron chi connectivity index (χ2n) is 4.93. The molecule has 2 nitrogen and oxygen atoms in total. The Kier molecular flexibility index (Phi) is 3.28. The number of benzene rings is 2. The first-order valence-electron chi connectivity index (χ1n) is 6.61. The molecular formula is C17H16FNO. The van der Waals surface area contributed by atoms with Crippen molar-refractivity contribution in [3.05, 3.63) is 71.2 Å². The lowest BCUT2D eigenvalue weighted by molar-refractivity contribution is 0.476. The van der Waals surface area contributed by atoms with Gasteiger partial charge in [0.15, 0.2) is 0 Å². The number of hydrogen-bond donors (Lipinski definition) is 1. The van der Waals surface area contributed by atoms with Crippen molar-refractivity contribution in [2.45, 2.75) is 13.0 Å². The summed E-state index contributed by atoms with van der Waals surface area (Å²) in [6.07, 6.45) is 0. The zero-order chi connectivity index (χ0) is 14.1. The largest absolute Gasteiger partial charge is 0.459 e. The van der Waals surface area contributed by atoms with E-state index in [-0.39, 0.29) is 11.9 Å². The maximum atomic E-state index is 14.0. The molecule has 3 rings (SSSR count). The Labute approximate surface area is 117 Å². The highest BCUT2D eigenvalue weighted by Gasteiger charge is 2.19. The second kappa shape index (κ2) is 5.10. The SMILES string of the molecule is CNC(c1cc2cc(C)ccc2o1)c1ccccc1F. The molecule has 3 heteroatoms. The summed E-state index contributed by atoms with van der Waals surface area (Å²) in [5.41, 5.74) is 2.59. The van der Waals surface area contributed by atoms with Gasteiger partial charge in [0.05, 0.1) is 6.04 Å². The molecule has 0 saturated carbocycles. The Hall–Kier alpha value is -2.13. The summed E-state index contributed by atoms with van der Waals surface area (Å²) in [4.78, 5) is 0. The number of fused-ring (bicyclic) bond motifs is 1. The Morgan fingerprint density at radius 1 is 1.10 bits per heavy atom. The molecule has 1 aromatic heterocycles. The maximum absolute atomic E-state index is 14.0. The fourth-order valence-electron chi connectivity index (χ4n) is 2.49. The van der Waals surface area contributed by atoms with E-state index in [1.54, 1.807) is 19.2 Å². The van der Waals surface area contributed by atoms with Gasteiger partial charge in [-0.15, -0.1) is 0 Å². The Bertz CT molecular complexity index is 748. The summed E-state index contributed by atoms with van der Waals surface area (Å²) in [7, 11) is 1.80. The number of furan rings is 1. The molecule has 0 amide bonds. The third-order valence-electron chi connectivity index (χ3n) is 3.48. The molecular weight excluding hydrogens is 253 g/mol. The molecule has 0 radical (unpaired) electrons. The lowest BCUT2D eigenvalue weighted by Gasteiger charge is -2.14. The molecule has 102 valence electrons. The molecule has 1 atom stereocenters. The second-order valence-corrected chi connectivity index (χ2v) is 4.93. The molecule has 0 aliphatic heterocycles. The van der Waals surface area contributed by atoms with E-state index in [0.717, 1.165) is 16.7 Å². The molecule has 3 aromatic rings. The first-order chi connectivity index (χ1) is 9.69. The first-order valence-corrected chi connectivity index (χ1v) is 6.61. The third kappa shape index (κ3) is 2.21. The van der Waals surface area contributed by atoms with Crippen LogP contribution >= 0.6 is 0 Å². The van der Waals surface area contributed by atoms with E-state index in [9.17, 15) is 4.39 Å². The summed E-state index contributed by atoms with van der Waals surface area (Å²) in [5.74, 6) is 0.488. The van der Waals surface area contributed by atoms with Gasteiger partial charge >= 0.3 is 0 Å². The van der Waals surface area contributed by atoms with E-state index in [0.29, 0.717) is 5.56 Å². The van der Waals surface area contributed by atoms with Crippen LogP contribution in [-0.4, -0.2) is 7.05 Å². The van der Waals surface area contributed by atoms with Crippen molar-refractivity contribution in [3.63, 3.8) is 0 Å².